The van der Waals surface area contributed by atoms with E-state index in [9.17, 15) is 19.2 Å². The van der Waals surface area contributed by atoms with E-state index in [0.29, 0.717) is 33.7 Å². The molecular weight excluding hydrogens is 440 g/mol. The van der Waals surface area contributed by atoms with Gasteiger partial charge in [-0.1, -0.05) is 24.3 Å². The van der Waals surface area contributed by atoms with Crippen molar-refractivity contribution in [1.82, 2.24) is 20.4 Å². The number of esters is 2. The molecule has 0 saturated carbocycles. The molecule has 2 atom stereocenters. The fourth-order valence-corrected chi connectivity index (χ4v) is 4.00. The first-order valence-corrected chi connectivity index (χ1v) is 11.1. The van der Waals surface area contributed by atoms with Crippen molar-refractivity contribution in [3.63, 3.8) is 0 Å². The molecule has 0 aromatic heterocycles. The van der Waals surface area contributed by atoms with E-state index in [1.807, 2.05) is 0 Å². The summed E-state index contributed by atoms with van der Waals surface area (Å²) in [6, 6.07) is 4.91. The average Bonchev–Trinajstić information content (AvgIpc) is 2.80. The zero-order valence-electron chi connectivity index (χ0n) is 20.2. The van der Waals surface area contributed by atoms with Crippen LogP contribution in [0.4, 0.5) is 9.59 Å². The summed E-state index contributed by atoms with van der Waals surface area (Å²) in [6.45, 7) is 7.23. The zero-order valence-corrected chi connectivity index (χ0v) is 20.2. The molecule has 10 heteroatoms. The van der Waals surface area contributed by atoms with Crippen molar-refractivity contribution in [3.8, 4) is 0 Å². The van der Waals surface area contributed by atoms with Crippen LogP contribution in [-0.2, 0) is 19.1 Å². The predicted octanol–water partition coefficient (Wildman–Crippen LogP) is 2.75. The molecule has 0 fully saturated rings. The van der Waals surface area contributed by atoms with Gasteiger partial charge in [0.15, 0.2) is 0 Å². The number of amides is 4. The van der Waals surface area contributed by atoms with Gasteiger partial charge in [0.25, 0.3) is 0 Å². The monoisotopic (exact) mass is 470 g/mol. The number of nitrogens with one attached hydrogen (secondary N) is 2. The van der Waals surface area contributed by atoms with E-state index in [4.69, 9.17) is 9.47 Å². The number of allylic oxidation sites excluding steroid dienone is 2. The summed E-state index contributed by atoms with van der Waals surface area (Å²) in [5, 5.41) is 5.67. The molecule has 0 saturated heterocycles. The van der Waals surface area contributed by atoms with Gasteiger partial charge in [-0.2, -0.15) is 0 Å². The number of hydrogen-bond acceptors (Lipinski definition) is 6. The fraction of sp³-hybridized carbons (Fsp3) is 0.417. The Bertz CT molecular complexity index is 990. The third-order valence-electron chi connectivity index (χ3n) is 6.10. The van der Waals surface area contributed by atoms with Crippen molar-refractivity contribution < 1.29 is 28.7 Å². The second-order valence-electron chi connectivity index (χ2n) is 7.99. The van der Waals surface area contributed by atoms with Gasteiger partial charge in [-0.25, -0.2) is 19.2 Å². The highest BCUT2D eigenvalue weighted by molar-refractivity contribution is 5.96. The van der Waals surface area contributed by atoms with Crippen molar-refractivity contribution in [2.45, 2.75) is 39.8 Å². The second-order valence-corrected chi connectivity index (χ2v) is 7.99. The van der Waals surface area contributed by atoms with Crippen LogP contribution in [0.25, 0.3) is 0 Å². The number of hydrogen-bond donors (Lipinski definition) is 2. The van der Waals surface area contributed by atoms with Crippen LogP contribution in [-0.4, -0.2) is 61.1 Å². The summed E-state index contributed by atoms with van der Waals surface area (Å²) in [7, 11) is 3.16. The van der Waals surface area contributed by atoms with Crippen LogP contribution in [0.15, 0.2) is 46.8 Å². The SMILES string of the molecule is CCOC(=O)C1=C(C)N(C)C(=O)N[C@H]1c1ccc([C@@H]2NC(=O)N(C)C(C)=C2C(=O)OCC)cc1. The van der Waals surface area contributed by atoms with Crippen LogP contribution >= 0.6 is 0 Å². The highest BCUT2D eigenvalue weighted by atomic mass is 16.5. The van der Waals surface area contributed by atoms with Crippen LogP contribution in [0.3, 0.4) is 0 Å². The first kappa shape index (κ1) is 24.8. The number of carbonyl (C=O) groups excluding carboxylic acids is 4. The Hall–Kier alpha value is -3.82. The lowest BCUT2D eigenvalue weighted by molar-refractivity contribution is -0.140. The van der Waals surface area contributed by atoms with E-state index < -0.39 is 24.0 Å². The normalized spacial score (nSPS) is 20.8. The van der Waals surface area contributed by atoms with E-state index in [2.05, 4.69) is 10.6 Å². The molecule has 0 spiro atoms. The largest absolute Gasteiger partial charge is 0.463 e. The lowest BCUT2D eigenvalue weighted by Crippen LogP contribution is -2.46. The molecule has 0 aliphatic carbocycles. The van der Waals surface area contributed by atoms with E-state index >= 15 is 0 Å². The number of urea groups is 2. The molecule has 1 aromatic carbocycles. The topological polar surface area (TPSA) is 117 Å². The Labute approximate surface area is 198 Å². The molecule has 2 heterocycles. The maximum Gasteiger partial charge on any atom is 0.338 e. The molecule has 0 unspecified atom stereocenters. The Balaban J connectivity index is 2.00. The van der Waals surface area contributed by atoms with E-state index in [1.54, 1.807) is 66.1 Å². The minimum atomic E-state index is -0.703. The van der Waals surface area contributed by atoms with Crippen molar-refractivity contribution in [3.05, 3.63) is 57.9 Å². The van der Waals surface area contributed by atoms with Gasteiger partial charge in [-0.3, -0.25) is 0 Å². The van der Waals surface area contributed by atoms with Crippen molar-refractivity contribution in [2.24, 2.45) is 0 Å². The maximum atomic E-state index is 12.7. The smallest absolute Gasteiger partial charge is 0.338 e. The number of ether oxygens (including phenoxy) is 2. The van der Waals surface area contributed by atoms with Gasteiger partial charge in [0.05, 0.1) is 36.4 Å². The average molecular weight is 471 g/mol. The second kappa shape index (κ2) is 9.98. The summed E-state index contributed by atoms with van der Waals surface area (Å²) in [4.78, 5) is 52.9. The number of benzene rings is 1. The van der Waals surface area contributed by atoms with Gasteiger partial charge < -0.3 is 29.9 Å². The van der Waals surface area contributed by atoms with E-state index in [1.165, 1.54) is 9.80 Å². The molecule has 0 bridgehead atoms. The summed E-state index contributed by atoms with van der Waals surface area (Å²) in [5.74, 6) is -1.02. The highest BCUT2D eigenvalue weighted by Crippen LogP contribution is 2.34. The fourth-order valence-electron chi connectivity index (χ4n) is 4.00. The molecule has 34 heavy (non-hydrogen) atoms. The Kier molecular flexibility index (Phi) is 7.29. The van der Waals surface area contributed by atoms with Gasteiger partial charge in [0.2, 0.25) is 0 Å². The van der Waals surface area contributed by atoms with Gasteiger partial charge in [0, 0.05) is 25.5 Å². The molecule has 2 aliphatic heterocycles. The molecule has 3 rings (SSSR count). The molecule has 10 nitrogen and oxygen atoms in total. The van der Waals surface area contributed by atoms with Gasteiger partial charge in [-0.15, -0.1) is 0 Å². The Morgan fingerprint density at radius 2 is 1.09 bits per heavy atom. The molecule has 182 valence electrons. The first-order valence-electron chi connectivity index (χ1n) is 11.1. The van der Waals surface area contributed by atoms with Gasteiger partial charge in [-0.05, 0) is 38.8 Å². The minimum absolute atomic E-state index is 0.205. The van der Waals surface area contributed by atoms with Crippen molar-refractivity contribution in [1.29, 1.82) is 0 Å². The molecule has 2 aliphatic rings. The van der Waals surface area contributed by atoms with Crippen LogP contribution < -0.4 is 10.6 Å². The quantitative estimate of drug-likeness (QED) is 0.618. The van der Waals surface area contributed by atoms with Crippen molar-refractivity contribution >= 4 is 24.0 Å². The summed E-state index contributed by atoms with van der Waals surface area (Å²) < 4.78 is 10.4. The summed E-state index contributed by atoms with van der Waals surface area (Å²) >= 11 is 0. The Morgan fingerprint density at radius 3 is 1.38 bits per heavy atom. The molecule has 2 N–H and O–H groups in total. The lowest BCUT2D eigenvalue weighted by atomic mass is 9.91. The van der Waals surface area contributed by atoms with Crippen LogP contribution in [0.5, 0.6) is 0 Å². The lowest BCUT2D eigenvalue weighted by Gasteiger charge is -2.34. The first-order chi connectivity index (χ1) is 16.1. The Morgan fingerprint density at radius 1 is 0.765 bits per heavy atom. The third-order valence-corrected chi connectivity index (χ3v) is 6.10. The molecule has 0 radical (unpaired) electrons. The van der Waals surface area contributed by atoms with Crippen LogP contribution in [0.1, 0.15) is 50.9 Å². The summed E-state index contributed by atoms with van der Waals surface area (Å²) in [6.07, 6.45) is 0. The zero-order chi connectivity index (χ0) is 25.2. The molecule has 4 amide bonds. The number of carbonyl (C=O) groups is 4. The van der Waals surface area contributed by atoms with Crippen LogP contribution in [0.2, 0.25) is 0 Å². The van der Waals surface area contributed by atoms with E-state index in [0.717, 1.165) is 0 Å². The third kappa shape index (κ3) is 4.48. The van der Waals surface area contributed by atoms with Crippen molar-refractivity contribution in [2.75, 3.05) is 27.3 Å². The number of rotatable bonds is 6. The standard InChI is InChI=1S/C24H30N4O6/c1-7-33-21(29)17-13(3)27(5)23(31)25-19(17)15-9-11-16(12-10-15)20-18(22(30)34-8-2)14(4)28(6)24(32)26-20/h9-12,19-20H,7-8H2,1-6H3,(H,25,31)(H,26,32)/t19-,20-/m0/s1. The minimum Gasteiger partial charge on any atom is -0.463 e. The van der Waals surface area contributed by atoms with Gasteiger partial charge in [0.1, 0.15) is 0 Å². The maximum absolute atomic E-state index is 12.7. The van der Waals surface area contributed by atoms with E-state index in [-0.39, 0.29) is 25.3 Å². The predicted molar refractivity (Wildman–Crippen MR) is 123 cm³/mol. The highest BCUT2D eigenvalue weighted by Gasteiger charge is 2.37. The molecule has 1 aromatic rings. The summed E-state index contributed by atoms with van der Waals surface area (Å²) in [5.41, 5.74) is 3.00. The molecular formula is C24H30N4O6. The van der Waals surface area contributed by atoms with Crippen LogP contribution in [0, 0.1) is 0 Å². The van der Waals surface area contributed by atoms with Gasteiger partial charge >= 0.3 is 24.0 Å². The number of nitrogens with zero attached hydrogens (tertiary/aromatic N) is 2.